The van der Waals surface area contributed by atoms with Crippen LogP contribution in [-0.2, 0) is 9.59 Å². The van der Waals surface area contributed by atoms with Gasteiger partial charge in [-0.25, -0.2) is 0 Å². The predicted octanol–water partition coefficient (Wildman–Crippen LogP) is -0.504. The van der Waals surface area contributed by atoms with Crippen molar-refractivity contribution in [2.24, 2.45) is 5.92 Å². The summed E-state index contributed by atoms with van der Waals surface area (Å²) in [6.45, 7) is 0.508. The number of carbonyl (C=O) groups excluding carboxylic acids is 2. The molecular formula is C13H24N2O4. The monoisotopic (exact) mass is 272 g/mol. The largest absolute Gasteiger partial charge is 0.395 e. The lowest BCUT2D eigenvalue weighted by atomic mass is 10.1. The van der Waals surface area contributed by atoms with E-state index in [0.717, 1.165) is 25.7 Å². The van der Waals surface area contributed by atoms with Crippen LogP contribution in [0.3, 0.4) is 0 Å². The number of hydrogen-bond acceptors (Lipinski definition) is 4. The van der Waals surface area contributed by atoms with Crippen molar-refractivity contribution in [3.63, 3.8) is 0 Å². The molecule has 1 aliphatic carbocycles. The van der Waals surface area contributed by atoms with Crippen molar-refractivity contribution >= 4 is 11.8 Å². The minimum Gasteiger partial charge on any atom is -0.395 e. The van der Waals surface area contributed by atoms with Crippen molar-refractivity contribution in [2.45, 2.75) is 32.1 Å². The zero-order valence-corrected chi connectivity index (χ0v) is 11.3. The summed E-state index contributed by atoms with van der Waals surface area (Å²) >= 11 is 0. The molecule has 1 fully saturated rings. The van der Waals surface area contributed by atoms with Crippen molar-refractivity contribution in [3.05, 3.63) is 0 Å². The van der Waals surface area contributed by atoms with Crippen molar-refractivity contribution in [1.29, 1.82) is 0 Å². The molecule has 0 saturated heterocycles. The topological polar surface area (TPSA) is 89.9 Å². The number of nitrogens with zero attached hydrogens (tertiary/aromatic N) is 1. The predicted molar refractivity (Wildman–Crippen MR) is 70.3 cm³/mol. The summed E-state index contributed by atoms with van der Waals surface area (Å²) in [6, 6.07) is 0. The van der Waals surface area contributed by atoms with Gasteiger partial charge in [0, 0.05) is 32.0 Å². The van der Waals surface area contributed by atoms with Gasteiger partial charge in [-0.2, -0.15) is 0 Å². The molecule has 110 valence electrons. The lowest BCUT2D eigenvalue weighted by Crippen LogP contribution is -2.38. The fourth-order valence-corrected chi connectivity index (χ4v) is 2.39. The van der Waals surface area contributed by atoms with E-state index in [2.05, 4.69) is 5.32 Å². The average molecular weight is 272 g/mol. The Bertz CT molecular complexity index is 284. The molecular weight excluding hydrogens is 248 g/mol. The summed E-state index contributed by atoms with van der Waals surface area (Å²) in [4.78, 5) is 24.9. The number of rotatable bonds is 8. The maximum Gasteiger partial charge on any atom is 0.224 e. The fourth-order valence-electron chi connectivity index (χ4n) is 2.39. The van der Waals surface area contributed by atoms with Gasteiger partial charge < -0.3 is 20.4 Å². The number of amides is 2. The van der Waals surface area contributed by atoms with Crippen LogP contribution in [0.15, 0.2) is 0 Å². The summed E-state index contributed by atoms with van der Waals surface area (Å²) in [7, 11) is 0. The van der Waals surface area contributed by atoms with Crippen LogP contribution in [-0.4, -0.2) is 59.8 Å². The molecule has 0 aromatic heterocycles. The molecule has 3 N–H and O–H groups in total. The Hall–Kier alpha value is -1.14. The van der Waals surface area contributed by atoms with Gasteiger partial charge >= 0.3 is 0 Å². The Labute approximate surface area is 113 Å². The molecule has 0 heterocycles. The van der Waals surface area contributed by atoms with E-state index in [1.807, 2.05) is 0 Å². The molecule has 1 rings (SSSR count). The van der Waals surface area contributed by atoms with E-state index in [0.29, 0.717) is 6.54 Å². The average Bonchev–Trinajstić information content (AvgIpc) is 2.92. The lowest BCUT2D eigenvalue weighted by molar-refractivity contribution is -0.132. The third-order valence-electron chi connectivity index (χ3n) is 3.46. The minimum atomic E-state index is -0.158. The molecule has 0 spiro atoms. The second kappa shape index (κ2) is 8.87. The van der Waals surface area contributed by atoms with Gasteiger partial charge in [-0.3, -0.25) is 9.59 Å². The zero-order chi connectivity index (χ0) is 14.1. The summed E-state index contributed by atoms with van der Waals surface area (Å²) in [5.41, 5.74) is 0. The SMILES string of the molecule is O=C(NCCC(=O)N(CCO)CCO)C1CCCC1. The summed E-state index contributed by atoms with van der Waals surface area (Å²) in [6.07, 6.45) is 4.32. The molecule has 0 radical (unpaired) electrons. The van der Waals surface area contributed by atoms with Crippen LogP contribution < -0.4 is 5.32 Å². The molecule has 19 heavy (non-hydrogen) atoms. The van der Waals surface area contributed by atoms with Gasteiger partial charge in [-0.1, -0.05) is 12.8 Å². The van der Waals surface area contributed by atoms with Crippen LogP contribution >= 0.6 is 0 Å². The third-order valence-corrected chi connectivity index (χ3v) is 3.46. The molecule has 2 amide bonds. The van der Waals surface area contributed by atoms with Crippen molar-refractivity contribution < 1.29 is 19.8 Å². The standard InChI is InChI=1S/C13H24N2O4/c16-9-7-15(8-10-17)12(18)5-6-14-13(19)11-3-1-2-4-11/h11,16-17H,1-10H2,(H,14,19). The van der Waals surface area contributed by atoms with E-state index in [1.54, 1.807) is 0 Å². The minimum absolute atomic E-state index is 0.0427. The van der Waals surface area contributed by atoms with Crippen LogP contribution in [0.1, 0.15) is 32.1 Å². The van der Waals surface area contributed by atoms with Gasteiger partial charge in [0.05, 0.1) is 13.2 Å². The van der Waals surface area contributed by atoms with E-state index in [9.17, 15) is 9.59 Å². The van der Waals surface area contributed by atoms with E-state index in [1.165, 1.54) is 4.90 Å². The summed E-state index contributed by atoms with van der Waals surface area (Å²) in [5, 5.41) is 20.4. The van der Waals surface area contributed by atoms with Crippen molar-refractivity contribution in [2.75, 3.05) is 32.8 Å². The molecule has 6 heteroatoms. The molecule has 1 saturated carbocycles. The fraction of sp³-hybridized carbons (Fsp3) is 0.846. The Morgan fingerprint density at radius 3 is 2.21 bits per heavy atom. The van der Waals surface area contributed by atoms with Gasteiger partial charge in [0.1, 0.15) is 0 Å². The lowest BCUT2D eigenvalue weighted by Gasteiger charge is -2.20. The van der Waals surface area contributed by atoms with Crippen LogP contribution in [0, 0.1) is 5.92 Å². The third kappa shape index (κ3) is 5.57. The first-order chi connectivity index (χ1) is 9.19. The smallest absolute Gasteiger partial charge is 0.224 e. The van der Waals surface area contributed by atoms with Crippen molar-refractivity contribution in [3.8, 4) is 0 Å². The molecule has 1 aliphatic rings. The van der Waals surface area contributed by atoms with Gasteiger partial charge in [0.25, 0.3) is 0 Å². The van der Waals surface area contributed by atoms with E-state index >= 15 is 0 Å². The van der Waals surface area contributed by atoms with E-state index in [4.69, 9.17) is 10.2 Å². The Kier molecular flexibility index (Phi) is 7.43. The normalized spacial score (nSPS) is 15.5. The number of hydrogen-bond donors (Lipinski definition) is 3. The first kappa shape index (κ1) is 15.9. The van der Waals surface area contributed by atoms with E-state index in [-0.39, 0.29) is 50.5 Å². The number of nitrogens with one attached hydrogen (secondary N) is 1. The highest BCUT2D eigenvalue weighted by Crippen LogP contribution is 2.24. The molecule has 0 atom stereocenters. The van der Waals surface area contributed by atoms with Crippen LogP contribution in [0.4, 0.5) is 0 Å². The Morgan fingerprint density at radius 2 is 1.68 bits per heavy atom. The van der Waals surface area contributed by atoms with Crippen LogP contribution in [0.25, 0.3) is 0 Å². The maximum absolute atomic E-state index is 11.8. The molecule has 0 aromatic carbocycles. The number of aliphatic hydroxyl groups excluding tert-OH is 2. The first-order valence-electron chi connectivity index (χ1n) is 6.96. The molecule has 0 bridgehead atoms. The molecule has 0 aliphatic heterocycles. The highest BCUT2D eigenvalue weighted by atomic mass is 16.3. The van der Waals surface area contributed by atoms with Gasteiger partial charge in [0.15, 0.2) is 0 Å². The van der Waals surface area contributed by atoms with Gasteiger partial charge in [0.2, 0.25) is 11.8 Å². The zero-order valence-electron chi connectivity index (χ0n) is 11.3. The highest BCUT2D eigenvalue weighted by molar-refractivity contribution is 5.80. The van der Waals surface area contributed by atoms with Crippen LogP contribution in [0.5, 0.6) is 0 Å². The number of aliphatic hydroxyl groups is 2. The summed E-state index contributed by atoms with van der Waals surface area (Å²) in [5.74, 6) is -0.00271. The van der Waals surface area contributed by atoms with E-state index < -0.39 is 0 Å². The van der Waals surface area contributed by atoms with Gasteiger partial charge in [-0.05, 0) is 12.8 Å². The quantitative estimate of drug-likeness (QED) is 0.555. The van der Waals surface area contributed by atoms with Crippen LogP contribution in [0.2, 0.25) is 0 Å². The Balaban J connectivity index is 2.22. The first-order valence-corrected chi connectivity index (χ1v) is 6.96. The summed E-state index contributed by atoms with van der Waals surface area (Å²) < 4.78 is 0. The van der Waals surface area contributed by atoms with Gasteiger partial charge in [-0.15, -0.1) is 0 Å². The molecule has 0 unspecified atom stereocenters. The maximum atomic E-state index is 11.8. The van der Waals surface area contributed by atoms with Crippen molar-refractivity contribution in [1.82, 2.24) is 10.2 Å². The second-order valence-corrected chi connectivity index (χ2v) is 4.85. The number of carbonyl (C=O) groups is 2. The second-order valence-electron chi connectivity index (χ2n) is 4.85. The highest BCUT2D eigenvalue weighted by Gasteiger charge is 2.22. The Morgan fingerprint density at radius 1 is 1.11 bits per heavy atom. The molecule has 6 nitrogen and oxygen atoms in total. The molecule has 0 aromatic rings.